The predicted molar refractivity (Wildman–Crippen MR) is 136 cm³/mol. The van der Waals surface area contributed by atoms with Crippen molar-refractivity contribution < 1.29 is 14.0 Å². The largest absolute Gasteiger partial charge is 0.348 e. The molecule has 7 heteroatoms. The second-order valence-electron chi connectivity index (χ2n) is 8.40. The van der Waals surface area contributed by atoms with Crippen LogP contribution >= 0.6 is 11.3 Å². The summed E-state index contributed by atoms with van der Waals surface area (Å²) in [4.78, 5) is 31.4. The maximum Gasteiger partial charge on any atom is 0.279 e. The average molecular weight is 488 g/mol. The highest BCUT2D eigenvalue weighted by molar-refractivity contribution is 7.09. The number of aryl methyl sites for hydroxylation is 2. The molecule has 0 aliphatic rings. The Morgan fingerprint density at radius 2 is 1.60 bits per heavy atom. The van der Waals surface area contributed by atoms with Crippen LogP contribution in [0.5, 0.6) is 0 Å². The Hall–Kier alpha value is -3.84. The summed E-state index contributed by atoms with van der Waals surface area (Å²) in [6, 6.07) is 20.8. The summed E-state index contributed by atoms with van der Waals surface area (Å²) in [7, 11) is 0. The first-order valence-corrected chi connectivity index (χ1v) is 12.1. The van der Waals surface area contributed by atoms with Crippen LogP contribution in [0.2, 0.25) is 0 Å². The number of hydrogen-bond acceptors (Lipinski definition) is 3. The van der Waals surface area contributed by atoms with E-state index < -0.39 is 0 Å². The molecule has 0 aliphatic carbocycles. The Kier molecular flexibility index (Phi) is 7.36. The van der Waals surface area contributed by atoms with Crippen molar-refractivity contribution in [3.05, 3.63) is 122 Å². The third kappa shape index (κ3) is 6.00. The third-order valence-electron chi connectivity index (χ3n) is 5.78. The summed E-state index contributed by atoms with van der Waals surface area (Å²) >= 11 is 1.49. The number of nitrogens with zero attached hydrogens (tertiary/aromatic N) is 2. The zero-order valence-electron chi connectivity index (χ0n) is 19.8. The van der Waals surface area contributed by atoms with E-state index in [9.17, 15) is 14.0 Å². The van der Waals surface area contributed by atoms with E-state index in [4.69, 9.17) is 0 Å². The highest BCUT2D eigenvalue weighted by atomic mass is 32.1. The van der Waals surface area contributed by atoms with Gasteiger partial charge in [-0.25, -0.2) is 4.39 Å². The molecule has 178 valence electrons. The van der Waals surface area contributed by atoms with E-state index in [0.717, 1.165) is 27.3 Å². The molecule has 0 spiro atoms. The first-order chi connectivity index (χ1) is 16.8. The molecule has 0 saturated carbocycles. The molecule has 0 radical (unpaired) electrons. The van der Waals surface area contributed by atoms with Crippen molar-refractivity contribution in [1.29, 1.82) is 0 Å². The highest BCUT2D eigenvalue weighted by Gasteiger charge is 2.11. The Labute approximate surface area is 207 Å². The minimum Gasteiger partial charge on any atom is -0.348 e. The van der Waals surface area contributed by atoms with Gasteiger partial charge in [0.2, 0.25) is 0 Å². The number of carbonyl (C=O) groups is 2. The minimum absolute atomic E-state index is 0.199. The predicted octanol–water partition coefficient (Wildman–Crippen LogP) is 5.33. The molecule has 4 rings (SSSR count). The lowest BCUT2D eigenvalue weighted by Crippen LogP contribution is -2.23. The van der Waals surface area contributed by atoms with E-state index in [1.807, 2.05) is 55.7 Å². The number of benzene rings is 3. The van der Waals surface area contributed by atoms with E-state index in [1.54, 1.807) is 30.3 Å². The van der Waals surface area contributed by atoms with Crippen molar-refractivity contribution >= 4 is 23.2 Å². The van der Waals surface area contributed by atoms with Crippen molar-refractivity contribution in [3.8, 4) is 0 Å². The fourth-order valence-corrected chi connectivity index (χ4v) is 4.60. The lowest BCUT2D eigenvalue weighted by Gasteiger charge is -2.09. The number of hydrogen-bond donors (Lipinski definition) is 1. The smallest absolute Gasteiger partial charge is 0.279 e. The molecule has 1 heterocycles. The van der Waals surface area contributed by atoms with Gasteiger partial charge in [0.25, 0.3) is 11.8 Å². The van der Waals surface area contributed by atoms with E-state index in [2.05, 4.69) is 10.3 Å². The fourth-order valence-electron chi connectivity index (χ4n) is 3.63. The minimum atomic E-state index is -0.305. The van der Waals surface area contributed by atoms with E-state index >= 15 is 0 Å². The van der Waals surface area contributed by atoms with Gasteiger partial charge in [0.1, 0.15) is 5.82 Å². The van der Waals surface area contributed by atoms with Crippen molar-refractivity contribution in [3.63, 3.8) is 0 Å². The monoisotopic (exact) mass is 487 g/mol. The molecule has 4 aromatic rings. The molecule has 35 heavy (non-hydrogen) atoms. The standard InChI is InChI=1S/C28H26FN3O2S/c1-18-5-4-6-24(15-18)27(34)31-28-32(19(2)20(3)35-28)17-22-7-11-23(12-8-22)26(33)30-16-21-9-13-25(29)14-10-21/h4-15H,16-17H2,1-3H3,(H,30,33). The summed E-state index contributed by atoms with van der Waals surface area (Å²) in [5.41, 5.74) is 4.99. The molecule has 5 nitrogen and oxygen atoms in total. The summed E-state index contributed by atoms with van der Waals surface area (Å²) in [6.07, 6.45) is 0. The molecule has 0 saturated heterocycles. The highest BCUT2D eigenvalue weighted by Crippen LogP contribution is 2.14. The number of halogens is 1. The van der Waals surface area contributed by atoms with Crippen LogP contribution in [0, 0.1) is 26.6 Å². The van der Waals surface area contributed by atoms with Gasteiger partial charge in [-0.15, -0.1) is 11.3 Å². The lowest BCUT2D eigenvalue weighted by atomic mass is 10.1. The fraction of sp³-hybridized carbons (Fsp3) is 0.179. The molecule has 0 bridgehead atoms. The van der Waals surface area contributed by atoms with Crippen molar-refractivity contribution in [2.75, 3.05) is 0 Å². The molecule has 1 aromatic heterocycles. The Morgan fingerprint density at radius 3 is 2.29 bits per heavy atom. The van der Waals surface area contributed by atoms with E-state index in [0.29, 0.717) is 29.0 Å². The Balaban J connectivity index is 1.49. The van der Waals surface area contributed by atoms with Crippen molar-refractivity contribution in [2.24, 2.45) is 4.99 Å². The van der Waals surface area contributed by atoms with Crippen LogP contribution in [0.3, 0.4) is 0 Å². The van der Waals surface area contributed by atoms with Crippen LogP contribution in [0.15, 0.2) is 77.8 Å². The molecule has 1 N–H and O–H groups in total. The first-order valence-electron chi connectivity index (χ1n) is 11.2. The summed E-state index contributed by atoms with van der Waals surface area (Å²) in [5.74, 6) is -0.771. The van der Waals surface area contributed by atoms with Gasteiger partial charge in [0.05, 0.1) is 6.54 Å². The maximum atomic E-state index is 13.0. The summed E-state index contributed by atoms with van der Waals surface area (Å²) in [6.45, 7) is 6.83. The van der Waals surface area contributed by atoms with Gasteiger partial charge in [0.15, 0.2) is 4.80 Å². The van der Waals surface area contributed by atoms with Gasteiger partial charge in [-0.05, 0) is 68.3 Å². The lowest BCUT2D eigenvalue weighted by molar-refractivity contribution is 0.0949. The van der Waals surface area contributed by atoms with Gasteiger partial charge in [0, 0.05) is 28.2 Å². The van der Waals surface area contributed by atoms with Crippen LogP contribution < -0.4 is 10.1 Å². The van der Waals surface area contributed by atoms with Crippen LogP contribution in [0.25, 0.3) is 0 Å². The zero-order chi connectivity index (χ0) is 24.9. The normalized spacial score (nSPS) is 11.5. The van der Waals surface area contributed by atoms with Gasteiger partial charge in [-0.1, -0.05) is 42.0 Å². The van der Waals surface area contributed by atoms with Crippen LogP contribution in [0.4, 0.5) is 4.39 Å². The molecular formula is C28H26FN3O2S. The second kappa shape index (κ2) is 10.6. The molecule has 0 unspecified atom stereocenters. The Morgan fingerprint density at radius 1 is 0.914 bits per heavy atom. The molecule has 0 aliphatic heterocycles. The molecule has 0 fully saturated rings. The number of rotatable bonds is 6. The van der Waals surface area contributed by atoms with Crippen LogP contribution in [-0.2, 0) is 13.1 Å². The zero-order valence-corrected chi connectivity index (χ0v) is 20.7. The topological polar surface area (TPSA) is 63.5 Å². The second-order valence-corrected chi connectivity index (χ2v) is 9.59. The van der Waals surface area contributed by atoms with Gasteiger partial charge >= 0.3 is 0 Å². The average Bonchev–Trinajstić information content (AvgIpc) is 3.11. The molecule has 2 amide bonds. The summed E-state index contributed by atoms with van der Waals surface area (Å²) < 4.78 is 15.1. The number of nitrogens with one attached hydrogen (secondary N) is 1. The van der Waals surface area contributed by atoms with Crippen molar-refractivity contribution in [1.82, 2.24) is 9.88 Å². The van der Waals surface area contributed by atoms with E-state index in [-0.39, 0.29) is 17.6 Å². The quantitative estimate of drug-likeness (QED) is 0.399. The maximum absolute atomic E-state index is 13.0. The van der Waals surface area contributed by atoms with E-state index in [1.165, 1.54) is 23.5 Å². The number of aromatic nitrogens is 1. The molecule has 0 atom stereocenters. The summed E-state index contributed by atoms with van der Waals surface area (Å²) in [5, 5.41) is 2.85. The first kappa shape index (κ1) is 24.3. The van der Waals surface area contributed by atoms with Crippen LogP contribution in [0.1, 0.15) is 48.0 Å². The molecule has 3 aromatic carbocycles. The Bertz CT molecular complexity index is 1430. The third-order valence-corrected chi connectivity index (χ3v) is 6.87. The van der Waals surface area contributed by atoms with Crippen LogP contribution in [-0.4, -0.2) is 16.4 Å². The number of carbonyl (C=O) groups excluding carboxylic acids is 2. The van der Waals surface area contributed by atoms with Gasteiger partial charge < -0.3 is 9.88 Å². The number of amides is 2. The van der Waals surface area contributed by atoms with Gasteiger partial charge in [-0.2, -0.15) is 4.99 Å². The SMILES string of the molecule is Cc1cccc(C(=O)N=c2sc(C)c(C)n2Cc2ccc(C(=O)NCc3ccc(F)cc3)cc2)c1. The molecular weight excluding hydrogens is 461 g/mol. The number of thiazole rings is 1. The van der Waals surface area contributed by atoms with Gasteiger partial charge in [-0.3, -0.25) is 9.59 Å². The van der Waals surface area contributed by atoms with Crippen molar-refractivity contribution in [2.45, 2.75) is 33.9 Å².